The number of rotatable bonds is 5. The fourth-order valence-electron chi connectivity index (χ4n) is 2.98. The molecule has 8 heteroatoms. The number of nitrogens with one attached hydrogen (secondary N) is 2. The molecule has 1 aromatic heterocycles. The predicted molar refractivity (Wildman–Crippen MR) is 117 cm³/mol. The Morgan fingerprint density at radius 3 is 2.43 bits per heavy atom. The van der Waals surface area contributed by atoms with E-state index in [4.69, 9.17) is 13.1 Å². The Hall–Kier alpha value is -4.32. The molecule has 3 aromatic rings. The number of hydrogen-bond donors (Lipinski definition) is 2. The Morgan fingerprint density at radius 1 is 1.13 bits per heavy atom. The zero-order chi connectivity index (χ0) is 21.7. The Morgan fingerprint density at radius 2 is 1.83 bits per heavy atom. The molecule has 0 aliphatic heterocycles. The van der Waals surface area contributed by atoms with Gasteiger partial charge in [-0.15, -0.1) is 0 Å². The lowest BCUT2D eigenvalue weighted by atomic mass is 9.99. The molecule has 2 N–H and O–H groups in total. The van der Waals surface area contributed by atoms with Crippen molar-refractivity contribution in [3.8, 4) is 6.07 Å². The molecular formula is C22H15N5O2S. The van der Waals surface area contributed by atoms with E-state index in [9.17, 15) is 13.7 Å². The summed E-state index contributed by atoms with van der Waals surface area (Å²) in [5.41, 5.74) is 2.57. The van der Waals surface area contributed by atoms with E-state index in [-0.39, 0.29) is 17.0 Å². The molecular weight excluding hydrogens is 398 g/mol. The van der Waals surface area contributed by atoms with Gasteiger partial charge in [-0.3, -0.25) is 4.72 Å². The Bertz CT molecular complexity index is 1390. The van der Waals surface area contributed by atoms with Gasteiger partial charge in [0.15, 0.2) is 5.70 Å². The van der Waals surface area contributed by atoms with Crippen molar-refractivity contribution >= 4 is 38.3 Å². The van der Waals surface area contributed by atoms with Gasteiger partial charge in [-0.05, 0) is 35.4 Å². The van der Waals surface area contributed by atoms with Crippen LogP contribution in [0.1, 0.15) is 11.1 Å². The lowest BCUT2D eigenvalue weighted by Gasteiger charge is -2.10. The second-order valence-electron chi connectivity index (χ2n) is 6.33. The molecule has 0 unspecified atom stereocenters. The van der Waals surface area contributed by atoms with Crippen molar-refractivity contribution in [1.82, 2.24) is 4.98 Å². The van der Waals surface area contributed by atoms with Crippen LogP contribution in [0, 0.1) is 24.5 Å². The average molecular weight is 413 g/mol. The summed E-state index contributed by atoms with van der Waals surface area (Å²) >= 11 is 0. The van der Waals surface area contributed by atoms with E-state index in [2.05, 4.69) is 19.4 Å². The van der Waals surface area contributed by atoms with Crippen molar-refractivity contribution in [3.63, 3.8) is 0 Å². The number of aromatic nitrogens is 1. The van der Waals surface area contributed by atoms with Crippen LogP contribution in [0.15, 0.2) is 66.1 Å². The van der Waals surface area contributed by atoms with Crippen LogP contribution in [0.5, 0.6) is 0 Å². The van der Waals surface area contributed by atoms with Crippen LogP contribution in [0.2, 0.25) is 0 Å². The number of anilines is 1. The van der Waals surface area contributed by atoms with Crippen molar-refractivity contribution < 1.29 is 8.42 Å². The van der Waals surface area contributed by atoms with Gasteiger partial charge in [-0.1, -0.05) is 30.3 Å². The summed E-state index contributed by atoms with van der Waals surface area (Å²) in [7, 11) is -3.44. The quantitative estimate of drug-likeness (QED) is 0.362. The van der Waals surface area contributed by atoms with E-state index in [1.165, 1.54) is 12.1 Å². The number of nitrogens with zero attached hydrogens (tertiary/aromatic N) is 3. The standard InChI is InChI=1S/C22H15N5O2S/c1-24-20(12-16-14-26-19-7-5-4-6-18(16)19)22(21(13-23)25-2)15-8-10-17(11-9-15)27-30(3,28)29/h4-12,14,26-27H,3H3. The first kappa shape index (κ1) is 20.4. The van der Waals surface area contributed by atoms with Crippen molar-refractivity contribution in [2.24, 2.45) is 0 Å². The molecule has 0 saturated carbocycles. The maximum atomic E-state index is 11.4. The van der Waals surface area contributed by atoms with Crippen molar-refractivity contribution in [1.29, 1.82) is 5.26 Å². The molecule has 0 radical (unpaired) electrons. The van der Waals surface area contributed by atoms with Gasteiger partial charge in [0, 0.05) is 28.4 Å². The highest BCUT2D eigenvalue weighted by Gasteiger charge is 2.16. The van der Waals surface area contributed by atoms with Gasteiger partial charge in [0.2, 0.25) is 10.0 Å². The minimum atomic E-state index is -3.44. The van der Waals surface area contributed by atoms with E-state index >= 15 is 0 Å². The highest BCUT2D eigenvalue weighted by atomic mass is 32.2. The number of para-hydroxylation sites is 1. The zero-order valence-electron chi connectivity index (χ0n) is 15.8. The van der Waals surface area contributed by atoms with Crippen LogP contribution in [-0.4, -0.2) is 19.7 Å². The van der Waals surface area contributed by atoms with Crippen molar-refractivity contribution in [2.75, 3.05) is 11.0 Å². The summed E-state index contributed by atoms with van der Waals surface area (Å²) in [6.07, 6.45) is 4.43. The molecule has 0 fully saturated rings. The van der Waals surface area contributed by atoms with Crippen LogP contribution in [0.25, 0.3) is 32.2 Å². The van der Waals surface area contributed by atoms with Crippen LogP contribution in [0.3, 0.4) is 0 Å². The van der Waals surface area contributed by atoms with Crippen LogP contribution in [-0.2, 0) is 10.0 Å². The molecule has 0 aliphatic rings. The third-order valence-electron chi connectivity index (χ3n) is 4.22. The summed E-state index contributed by atoms with van der Waals surface area (Å²) in [4.78, 5) is 10.00. The zero-order valence-corrected chi connectivity index (χ0v) is 16.7. The summed E-state index contributed by atoms with van der Waals surface area (Å²) in [6.45, 7) is 15.0. The van der Waals surface area contributed by atoms with Gasteiger partial charge in [0.1, 0.15) is 0 Å². The molecule has 0 spiro atoms. The largest absolute Gasteiger partial charge is 0.361 e. The molecule has 0 saturated heterocycles. The molecule has 0 bridgehead atoms. The van der Waals surface area contributed by atoms with Crippen LogP contribution >= 0.6 is 0 Å². The number of hydrogen-bond acceptors (Lipinski definition) is 3. The van der Waals surface area contributed by atoms with E-state index in [0.717, 1.165) is 22.7 Å². The second-order valence-corrected chi connectivity index (χ2v) is 8.08. The van der Waals surface area contributed by atoms with E-state index in [0.29, 0.717) is 11.3 Å². The van der Waals surface area contributed by atoms with E-state index < -0.39 is 10.0 Å². The number of nitriles is 1. The SMILES string of the molecule is [C-]#[N+]C(=Cc1c[nH]c2ccccc12)C(=C(C#N)[N+]#[C-])c1ccc(NS(C)(=O)=O)cc1. The summed E-state index contributed by atoms with van der Waals surface area (Å²) in [5, 5.41) is 10.4. The van der Waals surface area contributed by atoms with Gasteiger partial charge >= 0.3 is 0 Å². The molecule has 3 rings (SSSR count). The summed E-state index contributed by atoms with van der Waals surface area (Å²) in [5.74, 6) is 0. The van der Waals surface area contributed by atoms with Gasteiger partial charge in [-0.2, -0.15) is 0 Å². The summed E-state index contributed by atoms with van der Waals surface area (Å²) in [6, 6.07) is 15.6. The lowest BCUT2D eigenvalue weighted by Crippen LogP contribution is -2.09. The second kappa shape index (κ2) is 8.36. The number of fused-ring (bicyclic) bond motifs is 1. The highest BCUT2D eigenvalue weighted by Crippen LogP contribution is 2.32. The first-order valence-electron chi connectivity index (χ1n) is 8.62. The fraction of sp³-hybridized carbons (Fsp3) is 0.0455. The molecule has 2 aromatic carbocycles. The summed E-state index contributed by atoms with van der Waals surface area (Å²) < 4.78 is 25.2. The highest BCUT2D eigenvalue weighted by molar-refractivity contribution is 7.92. The minimum Gasteiger partial charge on any atom is -0.361 e. The molecule has 146 valence electrons. The number of H-pyrrole nitrogens is 1. The van der Waals surface area contributed by atoms with E-state index in [1.54, 1.807) is 24.4 Å². The van der Waals surface area contributed by atoms with Crippen LogP contribution in [0.4, 0.5) is 5.69 Å². The Balaban J connectivity index is 2.15. The predicted octanol–water partition coefficient (Wildman–Crippen LogP) is 4.65. The normalized spacial score (nSPS) is 12.4. The molecule has 0 atom stereocenters. The number of benzene rings is 2. The van der Waals surface area contributed by atoms with Crippen LogP contribution < -0.4 is 4.72 Å². The number of allylic oxidation sites excluding steroid dienone is 2. The number of aromatic amines is 1. The smallest absolute Gasteiger partial charge is 0.259 e. The molecule has 7 nitrogen and oxygen atoms in total. The average Bonchev–Trinajstić information content (AvgIpc) is 3.13. The number of sulfonamides is 1. The van der Waals surface area contributed by atoms with Gasteiger partial charge in [0.05, 0.1) is 25.5 Å². The lowest BCUT2D eigenvalue weighted by molar-refractivity contribution is 0.607. The first-order valence-corrected chi connectivity index (χ1v) is 10.5. The topological polar surface area (TPSA) is 94.5 Å². The van der Waals surface area contributed by atoms with Gasteiger partial charge in [-0.25, -0.2) is 23.4 Å². The third kappa shape index (κ3) is 4.39. The maximum absolute atomic E-state index is 11.4. The molecule has 30 heavy (non-hydrogen) atoms. The fourth-order valence-corrected chi connectivity index (χ4v) is 3.55. The minimum absolute atomic E-state index is 0.135. The Labute approximate surface area is 174 Å². The van der Waals surface area contributed by atoms with Gasteiger partial charge < -0.3 is 4.98 Å². The monoisotopic (exact) mass is 413 g/mol. The first-order chi connectivity index (χ1) is 14.4. The van der Waals surface area contributed by atoms with Crippen molar-refractivity contribution in [2.45, 2.75) is 0 Å². The van der Waals surface area contributed by atoms with E-state index in [1.807, 2.05) is 30.3 Å². The molecule has 0 aliphatic carbocycles. The third-order valence-corrected chi connectivity index (χ3v) is 4.83. The molecule has 1 heterocycles. The molecule has 0 amide bonds. The maximum Gasteiger partial charge on any atom is 0.259 e. The van der Waals surface area contributed by atoms with Gasteiger partial charge in [0.25, 0.3) is 5.70 Å². The van der Waals surface area contributed by atoms with Crippen molar-refractivity contribution in [3.05, 3.63) is 100 Å². The Kier molecular flexibility index (Phi) is 5.69.